The molecule has 1 amide bonds. The van der Waals surface area contributed by atoms with Crippen LogP contribution < -0.4 is 5.73 Å². The number of hydrogen-bond donors (Lipinski definition) is 2. The van der Waals surface area contributed by atoms with Crippen molar-refractivity contribution in [3.8, 4) is 11.5 Å². The fraction of sp³-hybridized carbons (Fsp3) is 0.263. The minimum atomic E-state index is -0.122. The van der Waals surface area contributed by atoms with E-state index in [1.807, 2.05) is 49.4 Å². The lowest BCUT2D eigenvalue weighted by Crippen LogP contribution is -2.32. The van der Waals surface area contributed by atoms with Crippen LogP contribution in [0.1, 0.15) is 28.2 Å². The second-order valence-electron chi connectivity index (χ2n) is 5.93. The Balaban J connectivity index is 0.00000243. The van der Waals surface area contributed by atoms with Crippen molar-refractivity contribution in [1.82, 2.24) is 15.1 Å². The third kappa shape index (κ3) is 4.74. The van der Waals surface area contributed by atoms with E-state index < -0.39 is 0 Å². The van der Waals surface area contributed by atoms with Crippen LogP contribution in [0.4, 0.5) is 0 Å². The number of H-pyrrole nitrogens is 1. The molecule has 2 heterocycles. The number of aromatic amines is 1. The number of aromatic nitrogens is 2. The zero-order chi connectivity index (χ0) is 17.6. The van der Waals surface area contributed by atoms with E-state index in [4.69, 9.17) is 10.2 Å². The van der Waals surface area contributed by atoms with Crippen LogP contribution in [0, 0.1) is 6.92 Å². The normalized spacial score (nSPS) is 10.4. The van der Waals surface area contributed by atoms with Crippen molar-refractivity contribution in [3.05, 3.63) is 65.5 Å². The number of benzene rings is 1. The zero-order valence-corrected chi connectivity index (χ0v) is 15.5. The number of halogens is 1. The molecular formula is C19H23ClN4O2. The Hall–Kier alpha value is -2.57. The number of carbonyl (C=O) groups excluding carboxylic acids is 1. The Morgan fingerprint density at radius 2 is 2.00 bits per heavy atom. The van der Waals surface area contributed by atoms with Gasteiger partial charge in [0, 0.05) is 19.2 Å². The van der Waals surface area contributed by atoms with Crippen LogP contribution in [-0.4, -0.2) is 34.1 Å². The number of nitrogens with one attached hydrogen (secondary N) is 1. The molecule has 3 rings (SSSR count). The van der Waals surface area contributed by atoms with Crippen molar-refractivity contribution in [2.75, 3.05) is 13.1 Å². The minimum absolute atomic E-state index is 0. The average Bonchev–Trinajstić information content (AvgIpc) is 3.28. The van der Waals surface area contributed by atoms with Gasteiger partial charge in [0.1, 0.15) is 11.5 Å². The summed E-state index contributed by atoms with van der Waals surface area (Å²) in [5.74, 6) is 1.36. The minimum Gasteiger partial charge on any atom is -0.460 e. The molecule has 0 saturated carbocycles. The van der Waals surface area contributed by atoms with Gasteiger partial charge in [0.2, 0.25) is 0 Å². The first-order chi connectivity index (χ1) is 12.2. The highest BCUT2D eigenvalue weighted by molar-refractivity contribution is 5.93. The molecule has 0 aliphatic rings. The van der Waals surface area contributed by atoms with E-state index in [0.29, 0.717) is 36.8 Å². The van der Waals surface area contributed by atoms with Crippen molar-refractivity contribution >= 4 is 18.3 Å². The van der Waals surface area contributed by atoms with E-state index in [1.165, 1.54) is 0 Å². The van der Waals surface area contributed by atoms with E-state index in [-0.39, 0.29) is 18.3 Å². The number of aryl methyl sites for hydroxylation is 1. The lowest BCUT2D eigenvalue weighted by molar-refractivity contribution is 0.0736. The molecule has 0 bridgehead atoms. The molecule has 7 heteroatoms. The molecule has 3 aromatic rings. The fourth-order valence-corrected chi connectivity index (χ4v) is 2.64. The summed E-state index contributed by atoms with van der Waals surface area (Å²) < 4.78 is 5.57. The molecule has 0 spiro atoms. The SMILES string of the molecule is Cc1ccc(-c2cc(C(=O)N(CCCN)Cc3ccccc3)n[nH]2)o1.Cl. The predicted octanol–water partition coefficient (Wildman–Crippen LogP) is 3.39. The first kappa shape index (κ1) is 19.8. The van der Waals surface area contributed by atoms with Gasteiger partial charge in [0.05, 0.1) is 0 Å². The van der Waals surface area contributed by atoms with Crippen LogP contribution in [0.15, 0.2) is 52.9 Å². The highest BCUT2D eigenvalue weighted by Crippen LogP contribution is 2.21. The van der Waals surface area contributed by atoms with Crippen LogP contribution in [-0.2, 0) is 6.54 Å². The lowest BCUT2D eigenvalue weighted by Gasteiger charge is -2.21. The summed E-state index contributed by atoms with van der Waals surface area (Å²) in [6.45, 7) is 3.53. The number of nitrogens with zero attached hydrogens (tertiary/aromatic N) is 2. The number of rotatable bonds is 7. The monoisotopic (exact) mass is 374 g/mol. The van der Waals surface area contributed by atoms with Gasteiger partial charge in [-0.2, -0.15) is 5.10 Å². The van der Waals surface area contributed by atoms with E-state index >= 15 is 0 Å². The van der Waals surface area contributed by atoms with Gasteiger partial charge in [-0.1, -0.05) is 30.3 Å². The van der Waals surface area contributed by atoms with Crippen molar-refractivity contribution in [1.29, 1.82) is 0 Å². The van der Waals surface area contributed by atoms with E-state index in [9.17, 15) is 4.79 Å². The number of hydrogen-bond acceptors (Lipinski definition) is 4. The Labute approximate surface area is 158 Å². The summed E-state index contributed by atoms with van der Waals surface area (Å²) in [6, 6.07) is 15.4. The summed E-state index contributed by atoms with van der Waals surface area (Å²) in [5.41, 5.74) is 7.76. The molecule has 0 unspecified atom stereocenters. The topological polar surface area (TPSA) is 88.1 Å². The average molecular weight is 375 g/mol. The maximum Gasteiger partial charge on any atom is 0.274 e. The van der Waals surface area contributed by atoms with Crippen LogP contribution in [0.3, 0.4) is 0 Å². The van der Waals surface area contributed by atoms with Gasteiger partial charge in [0.25, 0.3) is 5.91 Å². The number of nitrogens with two attached hydrogens (primary N) is 1. The highest BCUT2D eigenvalue weighted by atomic mass is 35.5. The fourth-order valence-electron chi connectivity index (χ4n) is 2.64. The summed E-state index contributed by atoms with van der Waals surface area (Å²) in [4.78, 5) is 14.7. The van der Waals surface area contributed by atoms with Gasteiger partial charge in [-0.25, -0.2) is 0 Å². The summed E-state index contributed by atoms with van der Waals surface area (Å²) in [7, 11) is 0. The Kier molecular flexibility index (Phi) is 7.00. The summed E-state index contributed by atoms with van der Waals surface area (Å²) in [6.07, 6.45) is 0.743. The molecular weight excluding hydrogens is 352 g/mol. The Morgan fingerprint density at radius 1 is 1.23 bits per heavy atom. The lowest BCUT2D eigenvalue weighted by atomic mass is 10.2. The third-order valence-corrected chi connectivity index (χ3v) is 3.94. The van der Waals surface area contributed by atoms with Crippen LogP contribution in [0.5, 0.6) is 0 Å². The summed E-state index contributed by atoms with van der Waals surface area (Å²) in [5, 5.41) is 7.04. The standard InChI is InChI=1S/C19H22N4O2.ClH/c1-14-8-9-18(25-14)16-12-17(22-21-16)19(24)23(11-5-10-20)13-15-6-3-2-4-7-15;/h2-4,6-9,12H,5,10-11,13,20H2,1H3,(H,21,22);1H. The molecule has 3 N–H and O–H groups in total. The molecule has 0 atom stereocenters. The largest absolute Gasteiger partial charge is 0.460 e. The quantitative estimate of drug-likeness (QED) is 0.663. The van der Waals surface area contributed by atoms with E-state index in [1.54, 1.807) is 11.0 Å². The molecule has 26 heavy (non-hydrogen) atoms. The first-order valence-electron chi connectivity index (χ1n) is 8.33. The molecule has 0 radical (unpaired) electrons. The number of amides is 1. The molecule has 2 aromatic heterocycles. The molecule has 1 aromatic carbocycles. The Bertz CT molecular complexity index is 829. The highest BCUT2D eigenvalue weighted by Gasteiger charge is 2.20. The third-order valence-electron chi connectivity index (χ3n) is 3.94. The first-order valence-corrected chi connectivity index (χ1v) is 8.33. The zero-order valence-electron chi connectivity index (χ0n) is 14.6. The van der Waals surface area contributed by atoms with Crippen LogP contribution in [0.25, 0.3) is 11.5 Å². The van der Waals surface area contributed by atoms with Gasteiger partial charge in [-0.15, -0.1) is 12.4 Å². The smallest absolute Gasteiger partial charge is 0.274 e. The van der Waals surface area contributed by atoms with Crippen molar-refractivity contribution < 1.29 is 9.21 Å². The van der Waals surface area contributed by atoms with Gasteiger partial charge in [0.15, 0.2) is 11.5 Å². The molecule has 138 valence electrons. The molecule has 0 saturated heterocycles. The molecule has 6 nitrogen and oxygen atoms in total. The summed E-state index contributed by atoms with van der Waals surface area (Å²) >= 11 is 0. The maximum atomic E-state index is 12.9. The van der Waals surface area contributed by atoms with Crippen molar-refractivity contribution in [2.24, 2.45) is 5.73 Å². The number of furan rings is 1. The maximum absolute atomic E-state index is 12.9. The molecule has 0 aliphatic carbocycles. The van der Waals surface area contributed by atoms with Gasteiger partial charge < -0.3 is 15.1 Å². The van der Waals surface area contributed by atoms with Crippen LogP contribution >= 0.6 is 12.4 Å². The van der Waals surface area contributed by atoms with E-state index in [0.717, 1.165) is 17.7 Å². The number of carbonyl (C=O) groups is 1. The Morgan fingerprint density at radius 3 is 2.65 bits per heavy atom. The van der Waals surface area contributed by atoms with Crippen LogP contribution in [0.2, 0.25) is 0 Å². The van der Waals surface area contributed by atoms with Crippen molar-refractivity contribution in [3.63, 3.8) is 0 Å². The van der Waals surface area contributed by atoms with Gasteiger partial charge in [-0.05, 0) is 37.6 Å². The molecule has 0 aliphatic heterocycles. The van der Waals surface area contributed by atoms with E-state index in [2.05, 4.69) is 10.2 Å². The predicted molar refractivity (Wildman–Crippen MR) is 103 cm³/mol. The second-order valence-corrected chi connectivity index (χ2v) is 5.93. The van der Waals surface area contributed by atoms with Crippen molar-refractivity contribution in [2.45, 2.75) is 19.9 Å². The molecule has 0 fully saturated rings. The second kappa shape index (κ2) is 9.22. The van der Waals surface area contributed by atoms with Gasteiger partial charge >= 0.3 is 0 Å². The van der Waals surface area contributed by atoms with Gasteiger partial charge in [-0.3, -0.25) is 9.89 Å².